The predicted molar refractivity (Wildman–Crippen MR) is 110 cm³/mol. The van der Waals surface area contributed by atoms with Gasteiger partial charge in [-0.2, -0.15) is 26.3 Å². The number of amides is 2. The van der Waals surface area contributed by atoms with Crippen LogP contribution in [0.4, 0.5) is 26.3 Å². The highest BCUT2D eigenvalue weighted by Crippen LogP contribution is 2.31. The van der Waals surface area contributed by atoms with Crippen molar-refractivity contribution in [2.24, 2.45) is 5.92 Å². The number of carbonyl (C=O) groups excluding carboxylic acids is 2. The van der Waals surface area contributed by atoms with Gasteiger partial charge < -0.3 is 15.0 Å². The van der Waals surface area contributed by atoms with Gasteiger partial charge in [-0.1, -0.05) is 6.07 Å². The first-order valence-corrected chi connectivity index (χ1v) is 10.5. The molecule has 1 fully saturated rings. The number of ether oxygens (including phenoxy) is 1. The lowest BCUT2D eigenvalue weighted by atomic mass is 9.95. The number of rotatable bonds is 6. The SMILES string of the molecule is O=C(NCCOc1cccc(C(F)(F)F)c1)C1CCN(C(=O)c2ccc(C(F)(F)F)cc2)CC1. The molecule has 0 saturated carbocycles. The molecule has 5 nitrogen and oxygen atoms in total. The molecule has 2 amide bonds. The van der Waals surface area contributed by atoms with E-state index in [1.54, 1.807) is 0 Å². The molecule has 11 heteroatoms. The number of hydrogen-bond acceptors (Lipinski definition) is 3. The van der Waals surface area contributed by atoms with Gasteiger partial charge in [0, 0.05) is 24.6 Å². The van der Waals surface area contributed by atoms with Gasteiger partial charge in [-0.15, -0.1) is 0 Å². The van der Waals surface area contributed by atoms with Crippen LogP contribution >= 0.6 is 0 Å². The third kappa shape index (κ3) is 6.64. The average molecular weight is 488 g/mol. The Balaban J connectivity index is 1.41. The molecule has 0 radical (unpaired) electrons. The minimum Gasteiger partial charge on any atom is -0.492 e. The molecule has 34 heavy (non-hydrogen) atoms. The number of carbonyl (C=O) groups is 2. The summed E-state index contributed by atoms with van der Waals surface area (Å²) < 4.78 is 81.4. The van der Waals surface area contributed by atoms with Crippen molar-refractivity contribution in [1.29, 1.82) is 0 Å². The second-order valence-corrected chi connectivity index (χ2v) is 7.81. The molecule has 1 aliphatic heterocycles. The zero-order chi connectivity index (χ0) is 24.9. The molecule has 0 atom stereocenters. The van der Waals surface area contributed by atoms with Crippen molar-refractivity contribution in [1.82, 2.24) is 10.2 Å². The Hall–Kier alpha value is -3.24. The molecule has 2 aromatic carbocycles. The third-order valence-corrected chi connectivity index (χ3v) is 5.44. The summed E-state index contributed by atoms with van der Waals surface area (Å²) in [4.78, 5) is 26.4. The standard InChI is InChI=1S/C23H22F6N2O3/c24-22(25,26)17-6-4-16(5-7-17)21(33)31-11-8-15(9-12-31)20(32)30-10-13-34-19-3-1-2-18(14-19)23(27,28)29/h1-7,14-15H,8-13H2,(H,30,32). The van der Waals surface area contributed by atoms with Crippen molar-refractivity contribution in [3.05, 3.63) is 65.2 Å². The molecule has 0 unspecified atom stereocenters. The molecular formula is C23H22F6N2O3. The number of nitrogens with one attached hydrogen (secondary N) is 1. The lowest BCUT2D eigenvalue weighted by Crippen LogP contribution is -2.43. The molecule has 1 N–H and O–H groups in total. The maximum absolute atomic E-state index is 12.7. The molecule has 0 spiro atoms. The van der Waals surface area contributed by atoms with E-state index in [0.29, 0.717) is 12.8 Å². The van der Waals surface area contributed by atoms with Crippen molar-refractivity contribution < 1.29 is 40.7 Å². The Morgan fingerprint density at radius 2 is 1.53 bits per heavy atom. The van der Waals surface area contributed by atoms with E-state index >= 15 is 0 Å². The van der Waals surface area contributed by atoms with Gasteiger partial charge in [-0.05, 0) is 55.3 Å². The molecule has 1 saturated heterocycles. The number of halogens is 6. The summed E-state index contributed by atoms with van der Waals surface area (Å²) in [6.45, 7) is 0.634. The second kappa shape index (κ2) is 10.4. The maximum atomic E-state index is 12.7. The van der Waals surface area contributed by atoms with E-state index < -0.39 is 29.4 Å². The highest BCUT2D eigenvalue weighted by Gasteiger charge is 2.32. The van der Waals surface area contributed by atoms with Crippen LogP contribution in [-0.2, 0) is 17.1 Å². The van der Waals surface area contributed by atoms with Crippen LogP contribution in [-0.4, -0.2) is 43.0 Å². The molecular weight excluding hydrogens is 466 g/mol. The van der Waals surface area contributed by atoms with Crippen molar-refractivity contribution in [2.45, 2.75) is 25.2 Å². The van der Waals surface area contributed by atoms with Gasteiger partial charge in [0.05, 0.1) is 17.7 Å². The van der Waals surface area contributed by atoms with Crippen LogP contribution in [0, 0.1) is 5.92 Å². The van der Waals surface area contributed by atoms with Gasteiger partial charge in [-0.3, -0.25) is 9.59 Å². The Kier molecular flexibility index (Phi) is 7.73. The molecule has 0 aliphatic carbocycles. The largest absolute Gasteiger partial charge is 0.492 e. The highest BCUT2D eigenvalue weighted by molar-refractivity contribution is 5.94. The quantitative estimate of drug-likeness (QED) is 0.471. The molecule has 184 valence electrons. The van der Waals surface area contributed by atoms with Crippen molar-refractivity contribution in [3.8, 4) is 5.75 Å². The van der Waals surface area contributed by atoms with Gasteiger partial charge in [0.2, 0.25) is 5.91 Å². The molecule has 1 aliphatic rings. The number of piperidine rings is 1. The van der Waals surface area contributed by atoms with Gasteiger partial charge in [0.15, 0.2) is 0 Å². The van der Waals surface area contributed by atoms with Crippen LogP contribution in [0.5, 0.6) is 5.75 Å². The first kappa shape index (κ1) is 25.4. The zero-order valence-electron chi connectivity index (χ0n) is 17.9. The smallest absolute Gasteiger partial charge is 0.416 e. The van der Waals surface area contributed by atoms with E-state index in [1.165, 1.54) is 17.0 Å². The lowest BCUT2D eigenvalue weighted by molar-refractivity contribution is -0.138. The van der Waals surface area contributed by atoms with E-state index in [-0.39, 0.29) is 49.4 Å². The Bertz CT molecular complexity index is 997. The number of likely N-dealkylation sites (tertiary alicyclic amines) is 1. The molecule has 0 aromatic heterocycles. The van der Waals surface area contributed by atoms with Gasteiger partial charge >= 0.3 is 12.4 Å². The van der Waals surface area contributed by atoms with E-state index in [0.717, 1.165) is 36.4 Å². The fourth-order valence-corrected chi connectivity index (χ4v) is 3.58. The van der Waals surface area contributed by atoms with Crippen LogP contribution < -0.4 is 10.1 Å². The van der Waals surface area contributed by atoms with Crippen molar-refractivity contribution >= 4 is 11.8 Å². The summed E-state index contributed by atoms with van der Waals surface area (Å²) in [6, 6.07) is 8.41. The monoisotopic (exact) mass is 488 g/mol. The minimum atomic E-state index is -4.48. The first-order chi connectivity index (χ1) is 15.9. The summed E-state index contributed by atoms with van der Waals surface area (Å²) >= 11 is 0. The molecule has 3 rings (SSSR count). The Morgan fingerprint density at radius 3 is 2.12 bits per heavy atom. The van der Waals surface area contributed by atoms with E-state index in [1.807, 2.05) is 0 Å². The molecule has 1 heterocycles. The molecule has 2 aromatic rings. The highest BCUT2D eigenvalue weighted by atomic mass is 19.4. The van der Waals surface area contributed by atoms with Crippen molar-refractivity contribution in [3.63, 3.8) is 0 Å². The van der Waals surface area contributed by atoms with Crippen molar-refractivity contribution in [2.75, 3.05) is 26.2 Å². The minimum absolute atomic E-state index is 0.0156. The summed E-state index contributed by atoms with van der Waals surface area (Å²) in [5.74, 6) is -0.972. The van der Waals surface area contributed by atoms with E-state index in [9.17, 15) is 35.9 Å². The summed E-state index contributed by atoms with van der Waals surface area (Å²) in [7, 11) is 0. The zero-order valence-corrected chi connectivity index (χ0v) is 17.9. The normalized spacial score (nSPS) is 15.2. The summed E-state index contributed by atoms with van der Waals surface area (Å²) in [5, 5.41) is 2.67. The first-order valence-electron chi connectivity index (χ1n) is 10.5. The maximum Gasteiger partial charge on any atom is 0.416 e. The van der Waals surface area contributed by atoms with Crippen LogP contribution in [0.15, 0.2) is 48.5 Å². The number of hydrogen-bond donors (Lipinski definition) is 1. The van der Waals surface area contributed by atoms with Crippen LogP contribution in [0.3, 0.4) is 0 Å². The van der Waals surface area contributed by atoms with Gasteiger partial charge in [0.1, 0.15) is 12.4 Å². The summed E-state index contributed by atoms with van der Waals surface area (Å²) in [5.41, 5.74) is -1.52. The van der Waals surface area contributed by atoms with Crippen LogP contribution in [0.2, 0.25) is 0 Å². The van der Waals surface area contributed by atoms with Gasteiger partial charge in [-0.25, -0.2) is 0 Å². The average Bonchev–Trinajstić information content (AvgIpc) is 2.80. The second-order valence-electron chi connectivity index (χ2n) is 7.81. The van der Waals surface area contributed by atoms with E-state index in [2.05, 4.69) is 5.32 Å². The fourth-order valence-electron chi connectivity index (χ4n) is 3.58. The third-order valence-electron chi connectivity index (χ3n) is 5.44. The topological polar surface area (TPSA) is 58.6 Å². The van der Waals surface area contributed by atoms with Crippen LogP contribution in [0.1, 0.15) is 34.3 Å². The number of nitrogens with zero attached hydrogens (tertiary/aromatic N) is 1. The lowest BCUT2D eigenvalue weighted by Gasteiger charge is -2.31. The van der Waals surface area contributed by atoms with Crippen LogP contribution in [0.25, 0.3) is 0 Å². The summed E-state index contributed by atoms with van der Waals surface area (Å²) in [6.07, 6.45) is -8.19. The van der Waals surface area contributed by atoms with Gasteiger partial charge in [0.25, 0.3) is 5.91 Å². The number of benzene rings is 2. The Labute approximate surface area is 191 Å². The van der Waals surface area contributed by atoms with E-state index in [4.69, 9.17) is 4.74 Å². The fraction of sp³-hybridized carbons (Fsp3) is 0.391. The number of alkyl halides is 6. The predicted octanol–water partition coefficient (Wildman–Crippen LogP) is 4.77. The molecule has 0 bridgehead atoms. The Morgan fingerprint density at radius 1 is 0.912 bits per heavy atom.